The number of ether oxygens (including phenoxy) is 1. The SMILES string of the molecule is O=C(OCc1ccccc1)N1CC[C@@H](c2nc3nccc(C4CCNCC4)c3[nH]2)C1. The largest absolute Gasteiger partial charge is 0.445 e. The molecular formula is C23H27N5O2. The van der Waals surface area contributed by atoms with Crippen LogP contribution in [0, 0.1) is 0 Å². The molecule has 7 nitrogen and oxygen atoms in total. The van der Waals surface area contributed by atoms with Crippen LogP contribution in [0.1, 0.15) is 48.0 Å². The van der Waals surface area contributed by atoms with Gasteiger partial charge in [-0.25, -0.2) is 14.8 Å². The molecule has 3 aromatic rings. The van der Waals surface area contributed by atoms with Crippen molar-refractivity contribution in [2.24, 2.45) is 0 Å². The molecule has 7 heteroatoms. The van der Waals surface area contributed by atoms with Gasteiger partial charge in [-0.05, 0) is 55.5 Å². The van der Waals surface area contributed by atoms with Gasteiger partial charge >= 0.3 is 6.09 Å². The van der Waals surface area contributed by atoms with Gasteiger partial charge in [-0.2, -0.15) is 0 Å². The van der Waals surface area contributed by atoms with E-state index >= 15 is 0 Å². The standard InChI is InChI=1S/C23H27N5O2/c29-23(30-15-16-4-2-1-3-5-16)28-13-9-18(14-28)21-26-20-19(8-12-25-22(20)27-21)17-6-10-24-11-7-17/h1-5,8,12,17-18,24H,6-7,9-11,13-15H2,(H,25,26,27)/t18-/m1/s1. The number of pyridine rings is 1. The summed E-state index contributed by atoms with van der Waals surface area (Å²) < 4.78 is 5.49. The topological polar surface area (TPSA) is 83.1 Å². The number of hydrogen-bond donors (Lipinski definition) is 2. The zero-order valence-corrected chi connectivity index (χ0v) is 17.0. The van der Waals surface area contributed by atoms with Crippen LogP contribution in [0.15, 0.2) is 42.6 Å². The fourth-order valence-corrected chi connectivity index (χ4v) is 4.57. The van der Waals surface area contributed by atoms with Crippen LogP contribution in [0.3, 0.4) is 0 Å². The maximum Gasteiger partial charge on any atom is 0.410 e. The van der Waals surface area contributed by atoms with Crippen molar-refractivity contribution in [1.29, 1.82) is 0 Å². The minimum Gasteiger partial charge on any atom is -0.445 e. The first kappa shape index (κ1) is 19.1. The summed E-state index contributed by atoms with van der Waals surface area (Å²) >= 11 is 0. The Labute approximate surface area is 175 Å². The molecule has 1 aromatic carbocycles. The highest BCUT2D eigenvalue weighted by atomic mass is 16.6. The molecule has 0 saturated carbocycles. The second kappa shape index (κ2) is 8.44. The van der Waals surface area contributed by atoms with E-state index in [1.54, 1.807) is 4.90 Å². The van der Waals surface area contributed by atoms with Gasteiger partial charge < -0.3 is 19.9 Å². The zero-order valence-electron chi connectivity index (χ0n) is 17.0. The van der Waals surface area contributed by atoms with E-state index < -0.39 is 0 Å². The summed E-state index contributed by atoms with van der Waals surface area (Å²) in [6.45, 7) is 3.71. The van der Waals surface area contributed by atoms with Crippen molar-refractivity contribution in [3.05, 3.63) is 59.5 Å². The van der Waals surface area contributed by atoms with E-state index in [9.17, 15) is 4.79 Å². The number of imidazole rings is 1. The number of rotatable bonds is 4. The molecule has 5 rings (SSSR count). The van der Waals surface area contributed by atoms with Crippen molar-refractivity contribution >= 4 is 17.3 Å². The quantitative estimate of drug-likeness (QED) is 0.694. The molecule has 0 aliphatic carbocycles. The third-order valence-electron chi connectivity index (χ3n) is 6.26. The third kappa shape index (κ3) is 3.89. The molecule has 0 spiro atoms. The first-order valence-corrected chi connectivity index (χ1v) is 10.8. The fourth-order valence-electron chi connectivity index (χ4n) is 4.57. The highest BCUT2D eigenvalue weighted by molar-refractivity contribution is 5.75. The Morgan fingerprint density at radius 1 is 1.10 bits per heavy atom. The summed E-state index contributed by atoms with van der Waals surface area (Å²) in [5.74, 6) is 1.65. The molecule has 0 radical (unpaired) electrons. The summed E-state index contributed by atoms with van der Waals surface area (Å²) in [6, 6.07) is 11.9. The van der Waals surface area contributed by atoms with Crippen LogP contribution < -0.4 is 5.32 Å². The predicted molar refractivity (Wildman–Crippen MR) is 114 cm³/mol. The van der Waals surface area contributed by atoms with Crippen molar-refractivity contribution in [3.63, 3.8) is 0 Å². The summed E-state index contributed by atoms with van der Waals surface area (Å²) in [7, 11) is 0. The van der Waals surface area contributed by atoms with Gasteiger partial charge in [0.05, 0.1) is 5.52 Å². The van der Waals surface area contributed by atoms with Gasteiger partial charge in [-0.1, -0.05) is 30.3 Å². The molecule has 30 heavy (non-hydrogen) atoms. The van der Waals surface area contributed by atoms with E-state index in [0.29, 0.717) is 25.6 Å². The Hall–Kier alpha value is -2.93. The molecule has 2 aromatic heterocycles. The van der Waals surface area contributed by atoms with E-state index in [1.165, 1.54) is 5.56 Å². The number of H-pyrrole nitrogens is 1. The molecular weight excluding hydrogens is 378 g/mol. The van der Waals surface area contributed by atoms with Crippen molar-refractivity contribution in [2.45, 2.75) is 37.7 Å². The van der Waals surface area contributed by atoms with Crippen molar-refractivity contribution < 1.29 is 9.53 Å². The number of fused-ring (bicyclic) bond motifs is 1. The van der Waals surface area contributed by atoms with Crippen LogP contribution in [-0.4, -0.2) is 52.1 Å². The van der Waals surface area contributed by atoms with Crippen molar-refractivity contribution in [1.82, 2.24) is 25.2 Å². The van der Waals surface area contributed by atoms with Crippen molar-refractivity contribution in [3.8, 4) is 0 Å². The highest BCUT2D eigenvalue weighted by Gasteiger charge is 2.31. The number of nitrogens with one attached hydrogen (secondary N) is 2. The lowest BCUT2D eigenvalue weighted by Crippen LogP contribution is -2.29. The van der Waals surface area contributed by atoms with Gasteiger partial charge in [0.1, 0.15) is 12.4 Å². The van der Waals surface area contributed by atoms with E-state index in [0.717, 1.165) is 54.9 Å². The van der Waals surface area contributed by atoms with Crippen LogP contribution in [0.2, 0.25) is 0 Å². The van der Waals surface area contributed by atoms with Crippen LogP contribution in [0.4, 0.5) is 4.79 Å². The van der Waals surface area contributed by atoms with Crippen LogP contribution in [-0.2, 0) is 11.3 Å². The summed E-state index contributed by atoms with van der Waals surface area (Å²) in [5.41, 5.74) is 4.16. The molecule has 2 fully saturated rings. The molecule has 2 aliphatic heterocycles. The molecule has 0 unspecified atom stereocenters. The van der Waals surface area contributed by atoms with Crippen LogP contribution in [0.25, 0.3) is 11.2 Å². The van der Waals surface area contributed by atoms with Gasteiger partial charge in [0.15, 0.2) is 5.65 Å². The maximum absolute atomic E-state index is 12.5. The molecule has 2 aliphatic rings. The first-order valence-electron chi connectivity index (χ1n) is 10.8. The smallest absolute Gasteiger partial charge is 0.410 e. The van der Waals surface area contributed by atoms with E-state index in [1.807, 2.05) is 36.5 Å². The summed E-state index contributed by atoms with van der Waals surface area (Å²) in [5, 5.41) is 3.43. The number of aromatic amines is 1. The number of benzene rings is 1. The summed E-state index contributed by atoms with van der Waals surface area (Å²) in [4.78, 5) is 27.1. The first-order chi connectivity index (χ1) is 14.8. The second-order valence-electron chi connectivity index (χ2n) is 8.22. The number of amides is 1. The Bertz CT molecular complexity index is 1010. The Morgan fingerprint density at radius 3 is 2.77 bits per heavy atom. The Kier molecular flexibility index (Phi) is 5.36. The highest BCUT2D eigenvalue weighted by Crippen LogP contribution is 2.32. The molecule has 2 saturated heterocycles. The van der Waals surface area contributed by atoms with Crippen LogP contribution >= 0.6 is 0 Å². The number of likely N-dealkylation sites (tertiary alicyclic amines) is 1. The molecule has 156 valence electrons. The number of piperidine rings is 1. The predicted octanol–water partition coefficient (Wildman–Crippen LogP) is 3.55. The summed E-state index contributed by atoms with van der Waals surface area (Å²) in [6.07, 6.45) is 4.76. The Balaban J connectivity index is 1.26. The van der Waals surface area contributed by atoms with Crippen molar-refractivity contribution in [2.75, 3.05) is 26.2 Å². The van der Waals surface area contributed by atoms with E-state index in [-0.39, 0.29) is 12.0 Å². The average Bonchev–Trinajstić information content (AvgIpc) is 3.46. The van der Waals surface area contributed by atoms with E-state index in [2.05, 4.69) is 21.4 Å². The lowest BCUT2D eigenvalue weighted by atomic mass is 9.90. The molecule has 4 heterocycles. The minimum atomic E-state index is -0.258. The van der Waals surface area contributed by atoms with E-state index in [4.69, 9.17) is 9.72 Å². The molecule has 0 bridgehead atoms. The number of nitrogens with zero attached hydrogens (tertiary/aromatic N) is 3. The Morgan fingerprint density at radius 2 is 1.93 bits per heavy atom. The minimum absolute atomic E-state index is 0.185. The second-order valence-corrected chi connectivity index (χ2v) is 8.22. The number of aromatic nitrogens is 3. The lowest BCUT2D eigenvalue weighted by Gasteiger charge is -2.23. The van der Waals surface area contributed by atoms with Gasteiger partial charge in [-0.3, -0.25) is 0 Å². The molecule has 1 amide bonds. The molecule has 1 atom stereocenters. The molecule has 2 N–H and O–H groups in total. The number of carbonyl (C=O) groups excluding carboxylic acids is 1. The van der Waals surface area contributed by atoms with Gasteiger partial charge in [0.25, 0.3) is 0 Å². The van der Waals surface area contributed by atoms with Crippen LogP contribution in [0.5, 0.6) is 0 Å². The maximum atomic E-state index is 12.5. The zero-order chi connectivity index (χ0) is 20.3. The average molecular weight is 406 g/mol. The monoisotopic (exact) mass is 405 g/mol. The fraction of sp³-hybridized carbons (Fsp3) is 0.435. The normalized spacial score (nSPS) is 20.0. The number of hydrogen-bond acceptors (Lipinski definition) is 5. The van der Waals surface area contributed by atoms with Gasteiger partial charge in [0, 0.05) is 25.2 Å². The lowest BCUT2D eigenvalue weighted by molar-refractivity contribution is 0.104. The third-order valence-corrected chi connectivity index (χ3v) is 6.26. The van der Waals surface area contributed by atoms with Gasteiger partial charge in [0.2, 0.25) is 0 Å². The van der Waals surface area contributed by atoms with Gasteiger partial charge in [-0.15, -0.1) is 0 Å². The number of carbonyl (C=O) groups is 1.